The molecular formula is C23H25NO3S2. The summed E-state index contributed by atoms with van der Waals surface area (Å²) in [6, 6.07) is 11.7. The largest absolute Gasteiger partial charge is 0.493 e. The van der Waals surface area contributed by atoms with Gasteiger partial charge in [0, 0.05) is 0 Å². The zero-order valence-electron chi connectivity index (χ0n) is 17.3. The third-order valence-electron chi connectivity index (χ3n) is 4.44. The summed E-state index contributed by atoms with van der Waals surface area (Å²) in [5.74, 6) is 1.66. The second-order valence-corrected chi connectivity index (χ2v) is 9.10. The lowest BCUT2D eigenvalue weighted by atomic mass is 10.1. The maximum Gasteiger partial charge on any atom is 0.270 e. The van der Waals surface area contributed by atoms with Crippen LogP contribution in [0.25, 0.3) is 6.08 Å². The topological polar surface area (TPSA) is 38.8 Å². The molecule has 152 valence electrons. The molecule has 0 atom stereocenters. The highest BCUT2D eigenvalue weighted by molar-refractivity contribution is 8.27. The van der Waals surface area contributed by atoms with Gasteiger partial charge in [-0.05, 0) is 55.2 Å². The molecule has 0 unspecified atom stereocenters. The van der Waals surface area contributed by atoms with Crippen molar-refractivity contribution < 1.29 is 14.3 Å². The lowest BCUT2D eigenvalue weighted by Gasteiger charge is -2.17. The van der Waals surface area contributed by atoms with Crippen LogP contribution in [0, 0.1) is 19.8 Å². The molecule has 1 aliphatic heterocycles. The molecule has 0 bridgehead atoms. The van der Waals surface area contributed by atoms with Crippen LogP contribution in [-0.4, -0.2) is 23.9 Å². The highest BCUT2D eigenvalue weighted by Gasteiger charge is 2.34. The highest BCUT2D eigenvalue weighted by Crippen LogP contribution is 2.38. The standard InChI is InChI=1S/C23H25NO3S2/c1-14(2)13-27-19-9-7-17(11-20(19)26-5)12-21-22(25)24(23(28)29-21)18-8-6-15(3)10-16(18)4/h6-12,14H,13H2,1-5H3/b21-12+. The second kappa shape index (κ2) is 9.01. The maximum atomic E-state index is 13.1. The number of aryl methyl sites for hydroxylation is 2. The molecule has 0 radical (unpaired) electrons. The van der Waals surface area contributed by atoms with Crippen LogP contribution in [0.15, 0.2) is 41.3 Å². The lowest BCUT2D eigenvalue weighted by molar-refractivity contribution is -0.113. The molecule has 29 heavy (non-hydrogen) atoms. The van der Waals surface area contributed by atoms with Gasteiger partial charge in [0.25, 0.3) is 5.91 Å². The number of ether oxygens (including phenoxy) is 2. The van der Waals surface area contributed by atoms with Crippen LogP contribution in [0.5, 0.6) is 11.5 Å². The van der Waals surface area contributed by atoms with Crippen LogP contribution in [0.1, 0.15) is 30.5 Å². The Bertz CT molecular complexity index is 982. The average molecular weight is 428 g/mol. The Morgan fingerprint density at radius 1 is 1.14 bits per heavy atom. The zero-order chi connectivity index (χ0) is 21.1. The van der Waals surface area contributed by atoms with Crippen molar-refractivity contribution in [2.24, 2.45) is 5.92 Å². The number of thiocarbonyl (C=S) groups is 1. The normalized spacial score (nSPS) is 15.5. The van der Waals surface area contributed by atoms with Crippen LogP contribution < -0.4 is 14.4 Å². The first-order valence-electron chi connectivity index (χ1n) is 9.46. The fraction of sp³-hybridized carbons (Fsp3) is 0.304. The number of anilines is 1. The van der Waals surface area contributed by atoms with E-state index in [0.717, 1.165) is 22.4 Å². The summed E-state index contributed by atoms with van der Waals surface area (Å²) in [4.78, 5) is 15.2. The molecule has 1 fully saturated rings. The molecule has 0 N–H and O–H groups in total. The summed E-state index contributed by atoms with van der Waals surface area (Å²) in [6.07, 6.45) is 1.84. The number of nitrogens with zero attached hydrogens (tertiary/aromatic N) is 1. The van der Waals surface area contributed by atoms with Gasteiger partial charge in [-0.15, -0.1) is 0 Å². The van der Waals surface area contributed by atoms with Gasteiger partial charge in [-0.3, -0.25) is 9.69 Å². The first-order chi connectivity index (χ1) is 13.8. The molecule has 4 nitrogen and oxygen atoms in total. The number of rotatable bonds is 6. The fourth-order valence-electron chi connectivity index (χ4n) is 3.03. The van der Waals surface area contributed by atoms with Gasteiger partial charge in [0.1, 0.15) is 0 Å². The minimum absolute atomic E-state index is 0.106. The van der Waals surface area contributed by atoms with Crippen molar-refractivity contribution in [3.63, 3.8) is 0 Å². The van der Waals surface area contributed by atoms with Gasteiger partial charge in [0.2, 0.25) is 0 Å². The Balaban J connectivity index is 1.87. The van der Waals surface area contributed by atoms with Crippen LogP contribution in [0.3, 0.4) is 0 Å². The van der Waals surface area contributed by atoms with Crippen LogP contribution >= 0.6 is 24.0 Å². The second-order valence-electron chi connectivity index (χ2n) is 7.42. The number of hydrogen-bond acceptors (Lipinski definition) is 5. The first kappa shape index (κ1) is 21.4. The molecule has 1 amide bonds. The molecule has 2 aromatic carbocycles. The minimum Gasteiger partial charge on any atom is -0.493 e. The lowest BCUT2D eigenvalue weighted by Crippen LogP contribution is -2.28. The van der Waals surface area contributed by atoms with Gasteiger partial charge in [-0.2, -0.15) is 0 Å². The van der Waals surface area contributed by atoms with Gasteiger partial charge >= 0.3 is 0 Å². The zero-order valence-corrected chi connectivity index (χ0v) is 18.9. The van der Waals surface area contributed by atoms with E-state index in [0.29, 0.717) is 33.2 Å². The molecule has 3 rings (SSSR count). The van der Waals surface area contributed by atoms with E-state index in [9.17, 15) is 4.79 Å². The van der Waals surface area contributed by atoms with Gasteiger partial charge in [-0.1, -0.05) is 61.6 Å². The van der Waals surface area contributed by atoms with Gasteiger partial charge < -0.3 is 9.47 Å². The Labute approximate surface area is 181 Å². The van der Waals surface area contributed by atoms with Crippen molar-refractivity contribution in [3.8, 4) is 11.5 Å². The third kappa shape index (κ3) is 4.82. The van der Waals surface area contributed by atoms with E-state index >= 15 is 0 Å². The minimum atomic E-state index is -0.106. The van der Waals surface area contributed by atoms with Crippen LogP contribution in [0.2, 0.25) is 0 Å². The van der Waals surface area contributed by atoms with E-state index in [4.69, 9.17) is 21.7 Å². The van der Waals surface area contributed by atoms with Crippen molar-refractivity contribution in [3.05, 3.63) is 58.0 Å². The number of amides is 1. The van der Waals surface area contributed by atoms with Gasteiger partial charge in [-0.25, -0.2) is 0 Å². The van der Waals surface area contributed by atoms with Gasteiger partial charge in [0.05, 0.1) is 24.3 Å². The molecule has 1 aliphatic rings. The highest BCUT2D eigenvalue weighted by atomic mass is 32.2. The SMILES string of the molecule is COc1cc(/C=C2/SC(=S)N(c3ccc(C)cc3C)C2=O)ccc1OCC(C)C. The van der Waals surface area contributed by atoms with E-state index in [2.05, 4.69) is 19.9 Å². The number of benzene rings is 2. The number of carbonyl (C=O) groups is 1. The molecule has 0 saturated carbocycles. The molecule has 1 heterocycles. The molecular weight excluding hydrogens is 402 g/mol. The van der Waals surface area contributed by atoms with Crippen molar-refractivity contribution in [2.75, 3.05) is 18.6 Å². The van der Waals surface area contributed by atoms with E-state index in [1.165, 1.54) is 11.8 Å². The Hall–Kier alpha value is -2.31. The molecule has 2 aromatic rings. The third-order valence-corrected chi connectivity index (χ3v) is 5.75. The molecule has 6 heteroatoms. The predicted octanol–water partition coefficient (Wildman–Crippen LogP) is 5.75. The summed E-state index contributed by atoms with van der Waals surface area (Å²) in [5.41, 5.74) is 3.87. The molecule has 1 saturated heterocycles. The average Bonchev–Trinajstić information content (AvgIpc) is 2.94. The van der Waals surface area contributed by atoms with E-state index in [1.807, 2.05) is 50.3 Å². The van der Waals surface area contributed by atoms with Crippen LogP contribution in [-0.2, 0) is 4.79 Å². The van der Waals surface area contributed by atoms with Crippen molar-refractivity contribution >= 4 is 46.0 Å². The summed E-state index contributed by atoms with van der Waals surface area (Å²) in [6.45, 7) is 8.83. The summed E-state index contributed by atoms with van der Waals surface area (Å²) < 4.78 is 11.8. The Morgan fingerprint density at radius 3 is 2.55 bits per heavy atom. The van der Waals surface area contributed by atoms with E-state index in [-0.39, 0.29) is 5.91 Å². The quantitative estimate of drug-likeness (QED) is 0.433. The monoisotopic (exact) mass is 427 g/mol. The van der Waals surface area contributed by atoms with Crippen molar-refractivity contribution in [2.45, 2.75) is 27.7 Å². The maximum absolute atomic E-state index is 13.1. The van der Waals surface area contributed by atoms with Crippen LogP contribution in [0.4, 0.5) is 5.69 Å². The van der Waals surface area contributed by atoms with E-state index < -0.39 is 0 Å². The molecule has 0 spiro atoms. The Kier molecular flexibility index (Phi) is 6.65. The predicted molar refractivity (Wildman–Crippen MR) is 125 cm³/mol. The smallest absolute Gasteiger partial charge is 0.270 e. The number of hydrogen-bond donors (Lipinski definition) is 0. The summed E-state index contributed by atoms with van der Waals surface area (Å²) >= 11 is 6.81. The van der Waals surface area contributed by atoms with Crippen molar-refractivity contribution in [1.29, 1.82) is 0 Å². The first-order valence-corrected chi connectivity index (χ1v) is 10.7. The number of thioether (sulfide) groups is 1. The number of methoxy groups -OCH3 is 1. The summed E-state index contributed by atoms with van der Waals surface area (Å²) in [7, 11) is 1.61. The molecule has 0 aliphatic carbocycles. The fourth-order valence-corrected chi connectivity index (χ4v) is 4.32. The molecule has 0 aromatic heterocycles. The van der Waals surface area contributed by atoms with Crippen molar-refractivity contribution in [1.82, 2.24) is 0 Å². The summed E-state index contributed by atoms with van der Waals surface area (Å²) in [5, 5.41) is 0. The Morgan fingerprint density at radius 2 is 1.90 bits per heavy atom. The number of carbonyl (C=O) groups excluding carboxylic acids is 1. The van der Waals surface area contributed by atoms with Gasteiger partial charge in [0.15, 0.2) is 15.8 Å². The van der Waals surface area contributed by atoms with E-state index in [1.54, 1.807) is 12.0 Å².